The number of carbonyl (C=O) groups excluding carboxylic acids is 1. The van der Waals surface area contributed by atoms with E-state index in [-0.39, 0.29) is 18.1 Å². The lowest BCUT2D eigenvalue weighted by Crippen LogP contribution is -2.49. The molecule has 0 radical (unpaired) electrons. The second-order valence-corrected chi connectivity index (χ2v) is 7.06. The van der Waals surface area contributed by atoms with Crippen molar-refractivity contribution in [2.75, 3.05) is 39.8 Å². The standard InChI is InChI=1S/C21H24F3N5O/c1-28(14-18(30)29-12-10-27-11-13-29)20(16-6-8-26-9-7-16)19(25)15-2-4-17(5-3-15)21(22,23)24/h2-9,27H,10-14,25H2,1H3/b20-19-. The number of nitrogens with one attached hydrogen (secondary N) is 1. The first-order valence-electron chi connectivity index (χ1n) is 9.55. The molecule has 0 saturated carbocycles. The summed E-state index contributed by atoms with van der Waals surface area (Å²) in [6, 6.07) is 8.17. The number of pyridine rings is 1. The van der Waals surface area contributed by atoms with Gasteiger partial charge in [-0.2, -0.15) is 13.2 Å². The van der Waals surface area contributed by atoms with Gasteiger partial charge in [0.1, 0.15) is 0 Å². The Morgan fingerprint density at radius 2 is 1.70 bits per heavy atom. The summed E-state index contributed by atoms with van der Waals surface area (Å²) in [6.07, 6.45) is -1.22. The number of benzene rings is 1. The second kappa shape index (κ2) is 9.17. The number of piperazine rings is 1. The zero-order valence-corrected chi connectivity index (χ0v) is 16.6. The van der Waals surface area contributed by atoms with Gasteiger partial charge in [-0.3, -0.25) is 9.78 Å². The highest BCUT2D eigenvalue weighted by molar-refractivity contribution is 5.90. The SMILES string of the molecule is CN(CC(=O)N1CCNCC1)/C(=C(\N)c1ccc(C(F)(F)F)cc1)c1ccncc1. The summed E-state index contributed by atoms with van der Waals surface area (Å²) in [4.78, 5) is 20.2. The van der Waals surface area contributed by atoms with Crippen LogP contribution in [0.1, 0.15) is 16.7 Å². The zero-order valence-electron chi connectivity index (χ0n) is 16.6. The number of alkyl halides is 3. The maximum absolute atomic E-state index is 12.9. The van der Waals surface area contributed by atoms with E-state index in [9.17, 15) is 18.0 Å². The van der Waals surface area contributed by atoms with Crippen LogP contribution in [0, 0.1) is 0 Å². The van der Waals surface area contributed by atoms with Crippen LogP contribution in [0.25, 0.3) is 11.4 Å². The molecule has 3 N–H and O–H groups in total. The Hall–Kier alpha value is -3.07. The first kappa shape index (κ1) is 21.6. The quantitative estimate of drug-likeness (QED) is 0.778. The molecule has 6 nitrogen and oxygen atoms in total. The number of nitrogens with zero attached hydrogens (tertiary/aromatic N) is 3. The summed E-state index contributed by atoms with van der Waals surface area (Å²) in [5.41, 5.74) is 7.64. The van der Waals surface area contributed by atoms with Gasteiger partial charge in [0.25, 0.3) is 0 Å². The molecule has 1 aromatic carbocycles. The van der Waals surface area contributed by atoms with Crippen LogP contribution in [-0.2, 0) is 11.0 Å². The third-order valence-electron chi connectivity index (χ3n) is 4.96. The number of amides is 1. The van der Waals surface area contributed by atoms with E-state index in [1.54, 1.807) is 41.4 Å². The number of halogens is 3. The van der Waals surface area contributed by atoms with Gasteiger partial charge in [-0.1, -0.05) is 12.1 Å². The average molecular weight is 419 g/mol. The van der Waals surface area contributed by atoms with Crippen LogP contribution in [0.5, 0.6) is 0 Å². The van der Waals surface area contributed by atoms with Gasteiger partial charge in [0.2, 0.25) is 5.91 Å². The van der Waals surface area contributed by atoms with Gasteiger partial charge in [0.15, 0.2) is 0 Å². The van der Waals surface area contributed by atoms with E-state index in [0.29, 0.717) is 24.4 Å². The highest BCUT2D eigenvalue weighted by Gasteiger charge is 2.30. The highest BCUT2D eigenvalue weighted by Crippen LogP contribution is 2.31. The van der Waals surface area contributed by atoms with Gasteiger partial charge < -0.3 is 20.9 Å². The van der Waals surface area contributed by atoms with Crippen LogP contribution < -0.4 is 11.1 Å². The maximum Gasteiger partial charge on any atom is 0.416 e. The van der Waals surface area contributed by atoms with Crippen LogP contribution >= 0.6 is 0 Å². The maximum atomic E-state index is 12.9. The monoisotopic (exact) mass is 419 g/mol. The summed E-state index contributed by atoms with van der Waals surface area (Å²) in [6.45, 7) is 2.86. The predicted octanol–water partition coefficient (Wildman–Crippen LogP) is 2.25. The van der Waals surface area contributed by atoms with E-state index in [1.807, 2.05) is 0 Å². The largest absolute Gasteiger partial charge is 0.416 e. The van der Waals surface area contributed by atoms with E-state index in [2.05, 4.69) is 10.3 Å². The molecule has 0 atom stereocenters. The molecule has 1 saturated heterocycles. The molecule has 3 rings (SSSR count). The van der Waals surface area contributed by atoms with Gasteiger partial charge in [-0.25, -0.2) is 0 Å². The van der Waals surface area contributed by atoms with Crippen LogP contribution in [0.15, 0.2) is 48.8 Å². The van der Waals surface area contributed by atoms with Gasteiger partial charge in [-0.15, -0.1) is 0 Å². The van der Waals surface area contributed by atoms with Gasteiger partial charge in [0, 0.05) is 51.2 Å². The highest BCUT2D eigenvalue weighted by atomic mass is 19.4. The molecule has 1 aliphatic heterocycles. The molecule has 0 bridgehead atoms. The molecular formula is C21H24F3N5O. The predicted molar refractivity (Wildman–Crippen MR) is 109 cm³/mol. The minimum absolute atomic E-state index is 0.0363. The number of likely N-dealkylation sites (N-methyl/N-ethyl adjacent to an activating group) is 1. The Morgan fingerprint density at radius 1 is 1.10 bits per heavy atom. The van der Waals surface area contributed by atoms with Gasteiger partial charge in [0.05, 0.1) is 23.5 Å². The Balaban J connectivity index is 1.92. The lowest BCUT2D eigenvalue weighted by atomic mass is 10.0. The van der Waals surface area contributed by atoms with Crippen molar-refractivity contribution in [3.63, 3.8) is 0 Å². The molecule has 30 heavy (non-hydrogen) atoms. The smallest absolute Gasteiger partial charge is 0.397 e. The fourth-order valence-corrected chi connectivity index (χ4v) is 3.36. The summed E-state index contributed by atoms with van der Waals surface area (Å²) >= 11 is 0. The number of hydrogen-bond acceptors (Lipinski definition) is 5. The molecule has 1 aromatic heterocycles. The molecule has 160 valence electrons. The van der Waals surface area contributed by atoms with Crippen LogP contribution in [0.2, 0.25) is 0 Å². The van der Waals surface area contributed by atoms with Crippen LogP contribution in [-0.4, -0.2) is 60.5 Å². The second-order valence-electron chi connectivity index (χ2n) is 7.06. The zero-order chi connectivity index (χ0) is 21.7. The fourth-order valence-electron chi connectivity index (χ4n) is 3.36. The summed E-state index contributed by atoms with van der Waals surface area (Å²) in [7, 11) is 1.74. The third-order valence-corrected chi connectivity index (χ3v) is 4.96. The molecule has 2 aromatic rings. The van der Waals surface area contributed by atoms with Crippen molar-refractivity contribution in [1.82, 2.24) is 20.1 Å². The lowest BCUT2D eigenvalue weighted by Gasteiger charge is -2.31. The first-order valence-corrected chi connectivity index (χ1v) is 9.55. The first-order chi connectivity index (χ1) is 14.3. The van der Waals surface area contributed by atoms with Gasteiger partial charge >= 0.3 is 6.18 Å². The molecule has 1 amide bonds. The summed E-state index contributed by atoms with van der Waals surface area (Å²) in [5.74, 6) is -0.0363. The van der Waals surface area contributed by atoms with E-state index in [1.165, 1.54) is 12.1 Å². The van der Waals surface area contributed by atoms with Crippen LogP contribution in [0.4, 0.5) is 13.2 Å². The van der Waals surface area contributed by atoms with Crippen molar-refractivity contribution in [3.8, 4) is 0 Å². The van der Waals surface area contributed by atoms with Crippen molar-refractivity contribution < 1.29 is 18.0 Å². The summed E-state index contributed by atoms with van der Waals surface area (Å²) < 4.78 is 38.7. The topological polar surface area (TPSA) is 74.5 Å². The minimum Gasteiger partial charge on any atom is -0.397 e. The van der Waals surface area contributed by atoms with E-state index < -0.39 is 11.7 Å². The number of nitrogens with two attached hydrogens (primary N) is 1. The fraction of sp³-hybridized carbons (Fsp3) is 0.333. The average Bonchev–Trinajstić information content (AvgIpc) is 2.74. The molecule has 2 heterocycles. The van der Waals surface area contributed by atoms with Gasteiger partial charge in [-0.05, 0) is 29.8 Å². The van der Waals surface area contributed by atoms with Crippen molar-refractivity contribution in [1.29, 1.82) is 0 Å². The van der Waals surface area contributed by atoms with E-state index >= 15 is 0 Å². The molecule has 0 aliphatic carbocycles. The van der Waals surface area contributed by atoms with Crippen molar-refractivity contribution in [2.45, 2.75) is 6.18 Å². The molecular weight excluding hydrogens is 395 g/mol. The van der Waals surface area contributed by atoms with Crippen molar-refractivity contribution in [3.05, 3.63) is 65.5 Å². The normalized spacial score (nSPS) is 15.5. The van der Waals surface area contributed by atoms with Crippen LogP contribution in [0.3, 0.4) is 0 Å². The van der Waals surface area contributed by atoms with E-state index in [0.717, 1.165) is 30.8 Å². The molecule has 1 fully saturated rings. The molecule has 0 unspecified atom stereocenters. The van der Waals surface area contributed by atoms with E-state index in [4.69, 9.17) is 5.73 Å². The number of aromatic nitrogens is 1. The molecule has 9 heteroatoms. The number of rotatable bonds is 5. The lowest BCUT2D eigenvalue weighted by molar-refractivity contribution is -0.137. The number of carbonyl (C=O) groups is 1. The summed E-state index contributed by atoms with van der Waals surface area (Å²) in [5, 5.41) is 3.20. The Kier molecular flexibility index (Phi) is 6.61. The Labute approximate surface area is 173 Å². The Morgan fingerprint density at radius 3 is 2.27 bits per heavy atom. The minimum atomic E-state index is -4.42. The molecule has 1 aliphatic rings. The van der Waals surface area contributed by atoms with Crippen molar-refractivity contribution in [2.24, 2.45) is 5.73 Å². The number of hydrogen-bond donors (Lipinski definition) is 2. The third kappa shape index (κ3) is 5.10. The van der Waals surface area contributed by atoms with Crippen molar-refractivity contribution >= 4 is 17.3 Å². The Bertz CT molecular complexity index is 891. The molecule has 0 spiro atoms.